The molecule has 2 N–H and O–H groups in total. The summed E-state index contributed by atoms with van der Waals surface area (Å²) in [7, 11) is 0. The van der Waals surface area contributed by atoms with Crippen molar-refractivity contribution >= 4 is 40.0 Å². The molecule has 0 aliphatic rings. The topological polar surface area (TPSA) is 76.4 Å². The number of ether oxygens (including phenoxy) is 1. The number of carbonyl (C=O) groups is 1. The first-order valence-corrected chi connectivity index (χ1v) is 13.3. The van der Waals surface area contributed by atoms with Gasteiger partial charge in [-0.1, -0.05) is 56.3 Å². The van der Waals surface area contributed by atoms with Gasteiger partial charge in [-0.3, -0.25) is 10.1 Å². The SMILES string of the molecule is CC[C@@H](C)c1ccc2oc(-c3ccc(NC(=S)NC(=O)c4cccc(OCc5ccccc5)c4)cc3)nc2c1. The van der Waals surface area contributed by atoms with E-state index in [0.29, 0.717) is 29.7 Å². The third kappa shape index (κ3) is 6.51. The Hall–Kier alpha value is -4.49. The number of rotatable bonds is 8. The molecule has 0 aliphatic carbocycles. The number of anilines is 1. The molecule has 1 heterocycles. The summed E-state index contributed by atoms with van der Waals surface area (Å²) in [5.41, 5.74) is 5.96. The van der Waals surface area contributed by atoms with E-state index < -0.39 is 0 Å². The van der Waals surface area contributed by atoms with Crippen LogP contribution in [-0.4, -0.2) is 16.0 Å². The van der Waals surface area contributed by atoms with Crippen LogP contribution in [0.15, 0.2) is 101 Å². The molecule has 4 aromatic carbocycles. The Morgan fingerprint density at radius 2 is 1.77 bits per heavy atom. The van der Waals surface area contributed by atoms with Crippen molar-refractivity contribution in [3.63, 3.8) is 0 Å². The highest BCUT2D eigenvalue weighted by Crippen LogP contribution is 2.28. The molecule has 5 aromatic rings. The number of oxazole rings is 1. The van der Waals surface area contributed by atoms with E-state index in [1.54, 1.807) is 18.2 Å². The van der Waals surface area contributed by atoms with E-state index in [1.807, 2.05) is 66.7 Å². The quantitative estimate of drug-likeness (QED) is 0.198. The van der Waals surface area contributed by atoms with Crippen LogP contribution in [0.5, 0.6) is 5.75 Å². The number of thiocarbonyl (C=S) groups is 1. The summed E-state index contributed by atoms with van der Waals surface area (Å²) in [5, 5.41) is 5.97. The number of amides is 1. The molecule has 0 spiro atoms. The second-order valence-electron chi connectivity index (χ2n) is 9.34. The minimum atomic E-state index is -0.322. The van der Waals surface area contributed by atoms with Crippen LogP contribution in [0.3, 0.4) is 0 Å². The molecule has 1 aromatic heterocycles. The summed E-state index contributed by atoms with van der Waals surface area (Å²) in [6, 6.07) is 30.6. The molecule has 7 heteroatoms. The average molecular weight is 536 g/mol. The van der Waals surface area contributed by atoms with Gasteiger partial charge in [-0.15, -0.1) is 0 Å². The Bertz CT molecular complexity index is 1600. The number of hydrogen-bond acceptors (Lipinski definition) is 5. The molecule has 0 bridgehead atoms. The van der Waals surface area contributed by atoms with E-state index in [4.69, 9.17) is 21.4 Å². The van der Waals surface area contributed by atoms with Crippen molar-refractivity contribution in [2.24, 2.45) is 0 Å². The monoisotopic (exact) mass is 535 g/mol. The maximum Gasteiger partial charge on any atom is 0.257 e. The van der Waals surface area contributed by atoms with E-state index in [-0.39, 0.29) is 11.0 Å². The van der Waals surface area contributed by atoms with Crippen LogP contribution < -0.4 is 15.4 Å². The minimum Gasteiger partial charge on any atom is -0.489 e. The standard InChI is InChI=1S/C32H29N3O3S/c1-3-21(2)24-14-17-29-28(19-24)34-31(38-29)23-12-15-26(16-13-23)33-32(39)35-30(36)25-10-7-11-27(18-25)37-20-22-8-5-4-6-9-22/h4-19,21H,3,20H2,1-2H3,(H2,33,35,36,39)/t21-/m1/s1. The van der Waals surface area contributed by atoms with Gasteiger partial charge < -0.3 is 14.5 Å². The highest BCUT2D eigenvalue weighted by molar-refractivity contribution is 7.80. The smallest absolute Gasteiger partial charge is 0.257 e. The second kappa shape index (κ2) is 11.9. The summed E-state index contributed by atoms with van der Waals surface area (Å²) in [6.45, 7) is 4.81. The van der Waals surface area contributed by atoms with Crippen LogP contribution in [0, 0.1) is 0 Å². The summed E-state index contributed by atoms with van der Waals surface area (Å²) in [5.74, 6) is 1.32. The number of nitrogens with one attached hydrogen (secondary N) is 2. The molecule has 5 rings (SSSR count). The van der Waals surface area contributed by atoms with E-state index in [2.05, 4.69) is 41.6 Å². The molecule has 0 radical (unpaired) electrons. The lowest BCUT2D eigenvalue weighted by molar-refractivity contribution is 0.0977. The Labute approximate surface area is 233 Å². The summed E-state index contributed by atoms with van der Waals surface area (Å²) in [4.78, 5) is 17.4. The van der Waals surface area contributed by atoms with Crippen molar-refractivity contribution in [2.75, 3.05) is 5.32 Å². The molecule has 0 fully saturated rings. The molecule has 0 aliphatic heterocycles. The van der Waals surface area contributed by atoms with Crippen LogP contribution in [0.4, 0.5) is 5.69 Å². The molecular weight excluding hydrogens is 506 g/mol. The number of fused-ring (bicyclic) bond motifs is 1. The Morgan fingerprint density at radius 3 is 2.54 bits per heavy atom. The zero-order valence-electron chi connectivity index (χ0n) is 21.8. The fraction of sp³-hybridized carbons (Fsp3) is 0.156. The first kappa shape index (κ1) is 26.1. The molecule has 1 amide bonds. The number of hydrogen-bond donors (Lipinski definition) is 2. The molecular formula is C32H29N3O3S. The summed E-state index contributed by atoms with van der Waals surface area (Å²) >= 11 is 5.37. The first-order chi connectivity index (χ1) is 19.0. The number of nitrogens with zero attached hydrogens (tertiary/aromatic N) is 1. The van der Waals surface area contributed by atoms with Gasteiger partial charge in [0.05, 0.1) is 0 Å². The normalized spacial score (nSPS) is 11.6. The molecule has 6 nitrogen and oxygen atoms in total. The fourth-order valence-corrected chi connectivity index (χ4v) is 4.32. The molecule has 1 atom stereocenters. The molecule has 0 unspecified atom stereocenters. The van der Waals surface area contributed by atoms with Gasteiger partial charge in [-0.05, 0) is 90.3 Å². The van der Waals surface area contributed by atoms with Crippen molar-refractivity contribution in [2.45, 2.75) is 32.8 Å². The maximum absolute atomic E-state index is 12.8. The highest BCUT2D eigenvalue weighted by atomic mass is 32.1. The Balaban J connectivity index is 1.18. The maximum atomic E-state index is 12.8. The van der Waals surface area contributed by atoms with E-state index in [0.717, 1.165) is 34.3 Å². The predicted molar refractivity (Wildman–Crippen MR) is 159 cm³/mol. The largest absolute Gasteiger partial charge is 0.489 e. The van der Waals surface area contributed by atoms with Gasteiger partial charge in [0.2, 0.25) is 5.89 Å². The van der Waals surface area contributed by atoms with Crippen LogP contribution in [0.2, 0.25) is 0 Å². The van der Waals surface area contributed by atoms with Gasteiger partial charge in [-0.2, -0.15) is 0 Å². The lowest BCUT2D eigenvalue weighted by Gasteiger charge is -2.11. The Morgan fingerprint density at radius 1 is 0.974 bits per heavy atom. The Kier molecular flexibility index (Phi) is 7.99. The van der Waals surface area contributed by atoms with Crippen molar-refractivity contribution in [1.82, 2.24) is 10.3 Å². The number of aromatic nitrogens is 1. The van der Waals surface area contributed by atoms with Gasteiger partial charge >= 0.3 is 0 Å². The lowest BCUT2D eigenvalue weighted by Crippen LogP contribution is -2.34. The van der Waals surface area contributed by atoms with E-state index in [1.165, 1.54) is 5.56 Å². The lowest BCUT2D eigenvalue weighted by atomic mass is 9.98. The summed E-state index contributed by atoms with van der Waals surface area (Å²) in [6.07, 6.45) is 1.07. The first-order valence-electron chi connectivity index (χ1n) is 12.9. The summed E-state index contributed by atoms with van der Waals surface area (Å²) < 4.78 is 11.8. The predicted octanol–water partition coefficient (Wildman–Crippen LogP) is 7.71. The van der Waals surface area contributed by atoms with Gasteiger partial charge in [0, 0.05) is 16.8 Å². The second-order valence-corrected chi connectivity index (χ2v) is 9.75. The number of carbonyl (C=O) groups excluding carboxylic acids is 1. The van der Waals surface area contributed by atoms with Gasteiger partial charge in [0.1, 0.15) is 17.9 Å². The average Bonchev–Trinajstić information content (AvgIpc) is 3.40. The number of benzene rings is 4. The minimum absolute atomic E-state index is 0.197. The van der Waals surface area contributed by atoms with Gasteiger partial charge in [0.25, 0.3) is 5.91 Å². The van der Waals surface area contributed by atoms with E-state index >= 15 is 0 Å². The van der Waals surface area contributed by atoms with Crippen molar-refractivity contribution in [1.29, 1.82) is 0 Å². The zero-order valence-corrected chi connectivity index (χ0v) is 22.6. The van der Waals surface area contributed by atoms with E-state index in [9.17, 15) is 4.79 Å². The van der Waals surface area contributed by atoms with Gasteiger partial charge in [0.15, 0.2) is 10.7 Å². The fourth-order valence-electron chi connectivity index (χ4n) is 4.11. The van der Waals surface area contributed by atoms with Crippen LogP contribution in [0.25, 0.3) is 22.6 Å². The molecule has 0 saturated heterocycles. The van der Waals surface area contributed by atoms with Gasteiger partial charge in [-0.25, -0.2) is 4.98 Å². The van der Waals surface area contributed by atoms with Crippen LogP contribution in [0.1, 0.15) is 47.7 Å². The van der Waals surface area contributed by atoms with Crippen molar-refractivity contribution < 1.29 is 13.9 Å². The van der Waals surface area contributed by atoms with Crippen molar-refractivity contribution in [3.05, 3.63) is 114 Å². The third-order valence-corrected chi connectivity index (χ3v) is 6.76. The van der Waals surface area contributed by atoms with Crippen LogP contribution >= 0.6 is 12.2 Å². The molecule has 196 valence electrons. The molecule has 39 heavy (non-hydrogen) atoms. The van der Waals surface area contributed by atoms with Crippen LogP contribution in [-0.2, 0) is 6.61 Å². The molecule has 0 saturated carbocycles. The zero-order chi connectivity index (χ0) is 27.2. The third-order valence-electron chi connectivity index (χ3n) is 6.55. The van der Waals surface area contributed by atoms with Crippen molar-refractivity contribution in [3.8, 4) is 17.2 Å². The highest BCUT2D eigenvalue weighted by Gasteiger charge is 2.12.